The normalized spacial score (nSPS) is 11.0. The summed E-state index contributed by atoms with van der Waals surface area (Å²) in [6, 6.07) is 4.01. The largest absolute Gasteiger partial charge is 0.495 e. The summed E-state index contributed by atoms with van der Waals surface area (Å²) in [5.41, 5.74) is 0.621. The fourth-order valence-electron chi connectivity index (χ4n) is 1.57. The first kappa shape index (κ1) is 15.2. The van der Waals surface area contributed by atoms with Gasteiger partial charge in [0.15, 0.2) is 0 Å². The number of ether oxygens (including phenoxy) is 1. The maximum atomic E-state index is 11.9. The monoisotopic (exact) mass is 327 g/mol. The van der Waals surface area contributed by atoms with E-state index in [1.165, 1.54) is 44.0 Å². The molecular weight excluding hydrogens is 318 g/mol. The van der Waals surface area contributed by atoms with E-state index in [4.69, 9.17) is 15.4 Å². The Morgan fingerprint density at radius 2 is 1.95 bits per heavy atom. The van der Waals surface area contributed by atoms with E-state index in [1.807, 2.05) is 0 Å². The molecule has 0 unspecified atom stereocenters. The molecule has 0 radical (unpaired) electrons. The van der Waals surface area contributed by atoms with Crippen LogP contribution in [0, 0.1) is 0 Å². The van der Waals surface area contributed by atoms with E-state index in [9.17, 15) is 13.2 Å². The minimum atomic E-state index is -3.93. The highest BCUT2D eigenvalue weighted by Crippen LogP contribution is 2.29. The predicted octanol–water partition coefficient (Wildman–Crippen LogP) is 1.66. The molecule has 0 aliphatic rings. The number of halogens is 1. The van der Waals surface area contributed by atoms with E-state index in [0.717, 1.165) is 0 Å². The molecule has 7 nitrogen and oxygen atoms in total. The Morgan fingerprint density at radius 1 is 1.29 bits per heavy atom. The van der Waals surface area contributed by atoms with Crippen LogP contribution in [0.4, 0.5) is 5.69 Å². The molecule has 21 heavy (non-hydrogen) atoms. The minimum Gasteiger partial charge on any atom is -0.495 e. The number of nitrogens with one attached hydrogen (secondary N) is 1. The number of carbonyl (C=O) groups excluding carboxylic acids is 1. The van der Waals surface area contributed by atoms with Crippen molar-refractivity contribution in [3.05, 3.63) is 42.5 Å². The van der Waals surface area contributed by atoms with E-state index in [-0.39, 0.29) is 16.2 Å². The number of nitrogens with zero attached hydrogens (tertiary/aromatic N) is 2. The molecule has 1 aromatic heterocycles. The molecule has 0 bridgehead atoms. The van der Waals surface area contributed by atoms with Crippen molar-refractivity contribution in [3.8, 4) is 5.75 Å². The molecule has 0 saturated heterocycles. The van der Waals surface area contributed by atoms with Crippen LogP contribution < -0.4 is 10.1 Å². The van der Waals surface area contributed by atoms with Crippen molar-refractivity contribution in [2.75, 3.05) is 12.4 Å². The molecule has 1 aromatic carbocycles. The molecule has 2 aromatic rings. The van der Waals surface area contributed by atoms with Gasteiger partial charge in [0.1, 0.15) is 17.0 Å². The highest BCUT2D eigenvalue weighted by molar-refractivity contribution is 8.13. The second kappa shape index (κ2) is 6.06. The summed E-state index contributed by atoms with van der Waals surface area (Å²) in [5.74, 6) is -0.397. The topological polar surface area (TPSA) is 98.2 Å². The van der Waals surface area contributed by atoms with Crippen molar-refractivity contribution in [1.82, 2.24) is 9.97 Å². The van der Waals surface area contributed by atoms with Crippen LogP contribution in [0.25, 0.3) is 0 Å². The lowest BCUT2D eigenvalue weighted by Gasteiger charge is -2.09. The summed E-state index contributed by atoms with van der Waals surface area (Å²) in [7, 11) is 2.66. The van der Waals surface area contributed by atoms with Crippen molar-refractivity contribution in [2.45, 2.75) is 4.90 Å². The summed E-state index contributed by atoms with van der Waals surface area (Å²) < 4.78 is 27.7. The average Bonchev–Trinajstić information content (AvgIpc) is 2.46. The number of hydrogen-bond donors (Lipinski definition) is 1. The third-order valence-corrected chi connectivity index (χ3v) is 3.87. The Hall–Kier alpha value is -2.19. The van der Waals surface area contributed by atoms with Crippen molar-refractivity contribution in [1.29, 1.82) is 0 Å². The van der Waals surface area contributed by atoms with Crippen LogP contribution in [0.15, 0.2) is 41.8 Å². The number of amides is 1. The predicted molar refractivity (Wildman–Crippen MR) is 76.0 cm³/mol. The summed E-state index contributed by atoms with van der Waals surface area (Å²) in [6.07, 6.45) is 4.02. The molecule has 0 saturated carbocycles. The Labute approximate surface area is 125 Å². The van der Waals surface area contributed by atoms with Gasteiger partial charge in [-0.3, -0.25) is 4.79 Å². The van der Waals surface area contributed by atoms with Gasteiger partial charge in [-0.25, -0.2) is 18.4 Å². The van der Waals surface area contributed by atoms with Gasteiger partial charge in [-0.05, 0) is 12.1 Å². The van der Waals surface area contributed by atoms with Gasteiger partial charge in [0.05, 0.1) is 12.7 Å². The lowest BCUT2D eigenvalue weighted by molar-refractivity contribution is 0.102. The number of hydrogen-bond acceptors (Lipinski definition) is 6. The quantitative estimate of drug-likeness (QED) is 0.858. The molecule has 0 atom stereocenters. The van der Waals surface area contributed by atoms with Crippen molar-refractivity contribution in [2.24, 2.45) is 0 Å². The highest BCUT2D eigenvalue weighted by atomic mass is 35.7. The lowest BCUT2D eigenvalue weighted by Crippen LogP contribution is -2.12. The first-order valence-corrected chi connectivity index (χ1v) is 7.92. The average molecular weight is 328 g/mol. The van der Waals surface area contributed by atoms with Gasteiger partial charge >= 0.3 is 0 Å². The smallest absolute Gasteiger partial charge is 0.264 e. The third-order valence-electron chi connectivity index (χ3n) is 2.51. The van der Waals surface area contributed by atoms with Crippen LogP contribution in [-0.2, 0) is 9.05 Å². The molecule has 1 heterocycles. The molecular formula is C12H10ClN3O4S. The third kappa shape index (κ3) is 3.67. The van der Waals surface area contributed by atoms with Crippen molar-refractivity contribution >= 4 is 31.3 Å². The maximum Gasteiger partial charge on any atom is 0.264 e. The van der Waals surface area contributed by atoms with E-state index in [2.05, 4.69) is 15.3 Å². The molecule has 0 aliphatic carbocycles. The number of methoxy groups -OCH3 is 1. The second-order valence-corrected chi connectivity index (χ2v) is 6.42. The molecule has 1 N–H and O–H groups in total. The number of rotatable bonds is 4. The zero-order valence-corrected chi connectivity index (χ0v) is 12.4. The number of anilines is 1. The van der Waals surface area contributed by atoms with E-state index >= 15 is 0 Å². The maximum absolute atomic E-state index is 11.9. The number of carbonyl (C=O) groups is 1. The molecule has 9 heteroatoms. The Kier molecular flexibility index (Phi) is 4.39. The van der Waals surface area contributed by atoms with Crippen LogP contribution in [0.3, 0.4) is 0 Å². The van der Waals surface area contributed by atoms with Crippen molar-refractivity contribution < 1.29 is 17.9 Å². The standard InChI is InChI=1S/C12H10ClN3O4S/c1-20-10-4-9(2-3-11(10)21(13,18)19)16-12(17)8-5-14-7-15-6-8/h2-7H,1H3,(H,16,17). The van der Waals surface area contributed by atoms with Crippen LogP contribution in [0.5, 0.6) is 5.75 Å². The van der Waals surface area contributed by atoms with Gasteiger partial charge in [0.25, 0.3) is 15.0 Å². The number of benzene rings is 1. The summed E-state index contributed by atoms with van der Waals surface area (Å²) in [6.45, 7) is 0. The van der Waals surface area contributed by atoms with Gasteiger partial charge in [0, 0.05) is 34.8 Å². The Balaban J connectivity index is 2.28. The minimum absolute atomic E-state index is 0.0344. The van der Waals surface area contributed by atoms with Crippen LogP contribution in [0.2, 0.25) is 0 Å². The Bertz CT molecular complexity index is 765. The first-order chi connectivity index (χ1) is 9.91. The lowest BCUT2D eigenvalue weighted by atomic mass is 10.2. The van der Waals surface area contributed by atoms with Crippen LogP contribution in [0.1, 0.15) is 10.4 Å². The van der Waals surface area contributed by atoms with E-state index in [0.29, 0.717) is 5.69 Å². The first-order valence-electron chi connectivity index (χ1n) is 5.61. The van der Waals surface area contributed by atoms with Crippen LogP contribution in [-0.4, -0.2) is 31.4 Å². The second-order valence-electron chi connectivity index (χ2n) is 3.88. The molecule has 0 aliphatic heterocycles. The molecule has 1 amide bonds. The van der Waals surface area contributed by atoms with Gasteiger partial charge in [-0.2, -0.15) is 0 Å². The molecule has 2 rings (SSSR count). The molecule has 0 fully saturated rings. The van der Waals surface area contributed by atoms with E-state index < -0.39 is 15.0 Å². The fraction of sp³-hybridized carbons (Fsp3) is 0.0833. The van der Waals surface area contributed by atoms with Gasteiger partial charge in [0.2, 0.25) is 0 Å². The van der Waals surface area contributed by atoms with E-state index in [1.54, 1.807) is 0 Å². The molecule has 0 spiro atoms. The van der Waals surface area contributed by atoms with Gasteiger partial charge in [-0.1, -0.05) is 0 Å². The van der Waals surface area contributed by atoms with Crippen molar-refractivity contribution in [3.63, 3.8) is 0 Å². The zero-order chi connectivity index (χ0) is 15.5. The SMILES string of the molecule is COc1cc(NC(=O)c2cncnc2)ccc1S(=O)(=O)Cl. The summed E-state index contributed by atoms with van der Waals surface area (Å²) in [4.78, 5) is 19.2. The Morgan fingerprint density at radius 3 is 2.52 bits per heavy atom. The summed E-state index contributed by atoms with van der Waals surface area (Å²) in [5, 5.41) is 2.57. The number of aromatic nitrogens is 2. The van der Waals surface area contributed by atoms with Gasteiger partial charge < -0.3 is 10.1 Å². The zero-order valence-electron chi connectivity index (χ0n) is 10.8. The summed E-state index contributed by atoms with van der Waals surface area (Å²) >= 11 is 0. The fourth-order valence-corrected chi connectivity index (χ4v) is 2.56. The highest BCUT2D eigenvalue weighted by Gasteiger charge is 2.17. The van der Waals surface area contributed by atoms with Gasteiger partial charge in [-0.15, -0.1) is 0 Å². The molecule has 110 valence electrons. The van der Waals surface area contributed by atoms with Crippen LogP contribution >= 0.6 is 10.7 Å².